The van der Waals surface area contributed by atoms with E-state index in [4.69, 9.17) is 44.3 Å². The molecule has 0 fully saturated rings. The summed E-state index contributed by atoms with van der Waals surface area (Å²) in [5.74, 6) is 0. The van der Waals surface area contributed by atoms with Crippen molar-refractivity contribution in [1.82, 2.24) is 0 Å². The van der Waals surface area contributed by atoms with Crippen LogP contribution in [0.15, 0.2) is 24.3 Å². The Morgan fingerprint density at radius 3 is 1.50 bits per heavy atom. The smallest absolute Gasteiger partial charge is 0.140 e. The van der Waals surface area contributed by atoms with E-state index >= 15 is 0 Å². The SMILES string of the molecule is C[Si](Cl)(Cl)c1cccc([Si](C)(Cl)Cl)c1. The summed E-state index contributed by atoms with van der Waals surface area (Å²) in [5, 5.41) is 1.91. The fourth-order valence-corrected chi connectivity index (χ4v) is 4.22. The lowest BCUT2D eigenvalue weighted by molar-refractivity contribution is 1.80. The average molecular weight is 304 g/mol. The molecule has 0 atom stereocenters. The van der Waals surface area contributed by atoms with Gasteiger partial charge in [-0.2, -0.15) is 0 Å². The summed E-state index contributed by atoms with van der Waals surface area (Å²) >= 11 is 24.5. The van der Waals surface area contributed by atoms with E-state index in [9.17, 15) is 0 Å². The number of benzene rings is 1. The normalized spacial score (nSPS) is 13.0. The largest absolute Gasteiger partial charge is 0.277 e. The monoisotopic (exact) mass is 302 g/mol. The van der Waals surface area contributed by atoms with E-state index in [0.717, 1.165) is 10.4 Å². The third kappa shape index (κ3) is 3.44. The molecule has 0 amide bonds. The Morgan fingerprint density at radius 2 is 1.21 bits per heavy atom. The van der Waals surface area contributed by atoms with Gasteiger partial charge in [-0.15, -0.1) is 44.3 Å². The number of halogens is 4. The standard InChI is InChI=1S/C8H10Cl4Si2/c1-13(9,10)7-4-3-5-8(6-7)14(2,11)12/h3-6H,1-2H3. The number of rotatable bonds is 2. The highest BCUT2D eigenvalue weighted by atomic mass is 35.7. The van der Waals surface area contributed by atoms with Crippen LogP contribution in [0.2, 0.25) is 13.1 Å². The molecule has 1 rings (SSSR count). The minimum absolute atomic E-state index is 0.957. The molecule has 0 nitrogen and oxygen atoms in total. The molecule has 0 saturated carbocycles. The first-order valence-corrected chi connectivity index (χ1v) is 13.1. The summed E-state index contributed by atoms with van der Waals surface area (Å²) in [4.78, 5) is 0. The van der Waals surface area contributed by atoms with Gasteiger partial charge in [0.05, 0.1) is 0 Å². The molecule has 0 aliphatic rings. The zero-order chi connectivity index (χ0) is 11.0. The molecular weight excluding hydrogens is 294 g/mol. The molecule has 0 aromatic heterocycles. The van der Waals surface area contributed by atoms with Gasteiger partial charge in [0.2, 0.25) is 0 Å². The van der Waals surface area contributed by atoms with Gasteiger partial charge >= 0.3 is 0 Å². The third-order valence-electron chi connectivity index (χ3n) is 1.88. The van der Waals surface area contributed by atoms with Crippen LogP contribution in [0.3, 0.4) is 0 Å². The summed E-state index contributed by atoms with van der Waals surface area (Å²) in [7, 11) is 0. The summed E-state index contributed by atoms with van der Waals surface area (Å²) < 4.78 is 0. The first-order chi connectivity index (χ1) is 6.21. The zero-order valence-electron chi connectivity index (χ0n) is 7.82. The van der Waals surface area contributed by atoms with Crippen molar-refractivity contribution in [3.05, 3.63) is 24.3 Å². The second-order valence-corrected chi connectivity index (χ2v) is 18.3. The summed E-state index contributed by atoms with van der Waals surface area (Å²) in [6, 6.07) is 7.67. The molecule has 0 unspecified atom stereocenters. The molecule has 0 N–H and O–H groups in total. The Bertz CT molecular complexity index is 298. The lowest BCUT2D eigenvalue weighted by Crippen LogP contribution is -2.40. The molecule has 78 valence electrons. The van der Waals surface area contributed by atoms with Crippen LogP contribution in [0, 0.1) is 0 Å². The van der Waals surface area contributed by atoms with Crippen molar-refractivity contribution in [2.45, 2.75) is 13.1 Å². The van der Waals surface area contributed by atoms with E-state index in [0.29, 0.717) is 0 Å². The molecule has 0 spiro atoms. The van der Waals surface area contributed by atoms with Gasteiger partial charge in [-0.3, -0.25) is 0 Å². The van der Waals surface area contributed by atoms with Crippen LogP contribution in [-0.2, 0) is 0 Å². The maximum Gasteiger partial charge on any atom is 0.277 e. The predicted octanol–water partition coefficient (Wildman–Crippen LogP) is 3.20. The van der Waals surface area contributed by atoms with Gasteiger partial charge in [-0.25, -0.2) is 0 Å². The first-order valence-electron chi connectivity index (χ1n) is 4.08. The van der Waals surface area contributed by atoms with Crippen molar-refractivity contribution >= 4 is 68.1 Å². The van der Waals surface area contributed by atoms with Crippen LogP contribution in [0.1, 0.15) is 0 Å². The molecule has 1 aromatic rings. The molecule has 0 heterocycles. The Morgan fingerprint density at radius 1 is 0.857 bits per heavy atom. The maximum atomic E-state index is 6.11. The average Bonchev–Trinajstić information content (AvgIpc) is 2.01. The van der Waals surface area contributed by atoms with Gasteiger partial charge < -0.3 is 0 Å². The zero-order valence-corrected chi connectivity index (χ0v) is 12.8. The van der Waals surface area contributed by atoms with E-state index in [1.807, 2.05) is 37.4 Å². The summed E-state index contributed by atoms with van der Waals surface area (Å²) in [6.07, 6.45) is 0. The van der Waals surface area contributed by atoms with Gasteiger partial charge in [0.15, 0.2) is 0 Å². The lowest BCUT2D eigenvalue weighted by atomic mass is 10.4. The number of hydrogen-bond donors (Lipinski definition) is 0. The van der Waals surface area contributed by atoms with E-state index in [1.54, 1.807) is 0 Å². The summed E-state index contributed by atoms with van der Waals surface area (Å²) in [5.41, 5.74) is 0. The van der Waals surface area contributed by atoms with Crippen molar-refractivity contribution in [3.8, 4) is 0 Å². The van der Waals surface area contributed by atoms with Crippen LogP contribution < -0.4 is 10.4 Å². The van der Waals surface area contributed by atoms with Crippen molar-refractivity contribution in [3.63, 3.8) is 0 Å². The minimum atomic E-state index is -2.29. The van der Waals surface area contributed by atoms with E-state index in [1.165, 1.54) is 0 Å². The highest BCUT2D eigenvalue weighted by Crippen LogP contribution is 2.16. The molecule has 0 saturated heterocycles. The molecule has 0 radical (unpaired) electrons. The second kappa shape index (κ2) is 4.36. The van der Waals surface area contributed by atoms with Crippen LogP contribution in [0.25, 0.3) is 0 Å². The highest BCUT2D eigenvalue weighted by Gasteiger charge is 2.28. The molecule has 0 aliphatic carbocycles. The van der Waals surface area contributed by atoms with Gasteiger partial charge in [0.1, 0.15) is 0 Å². The Labute approximate surface area is 105 Å². The Balaban J connectivity index is 3.15. The lowest BCUT2D eigenvalue weighted by Gasteiger charge is -2.15. The van der Waals surface area contributed by atoms with Crippen molar-refractivity contribution in [2.75, 3.05) is 0 Å². The third-order valence-corrected chi connectivity index (χ3v) is 7.14. The highest BCUT2D eigenvalue weighted by molar-refractivity contribution is 7.51. The molecule has 6 heteroatoms. The van der Waals surface area contributed by atoms with E-state index in [-0.39, 0.29) is 0 Å². The van der Waals surface area contributed by atoms with Crippen LogP contribution in [0.4, 0.5) is 0 Å². The van der Waals surface area contributed by atoms with Crippen LogP contribution in [-0.4, -0.2) is 13.4 Å². The Kier molecular flexibility index (Phi) is 4.01. The van der Waals surface area contributed by atoms with Crippen molar-refractivity contribution in [2.24, 2.45) is 0 Å². The minimum Gasteiger partial charge on any atom is -0.140 e. The quantitative estimate of drug-likeness (QED) is 0.581. The topological polar surface area (TPSA) is 0 Å². The Hall–Kier alpha value is 0.814. The predicted molar refractivity (Wildman–Crippen MR) is 72.4 cm³/mol. The van der Waals surface area contributed by atoms with Gasteiger partial charge in [-0.05, 0) is 23.5 Å². The second-order valence-electron chi connectivity index (χ2n) is 3.36. The first kappa shape index (κ1) is 12.9. The molecule has 0 aliphatic heterocycles. The molecular formula is C8H10Cl4Si2. The van der Waals surface area contributed by atoms with Crippen LogP contribution in [0.5, 0.6) is 0 Å². The van der Waals surface area contributed by atoms with Crippen molar-refractivity contribution in [1.29, 1.82) is 0 Å². The molecule has 14 heavy (non-hydrogen) atoms. The fraction of sp³-hybridized carbons (Fsp3) is 0.250. The summed E-state index contributed by atoms with van der Waals surface area (Å²) in [6.45, 7) is -0.873. The van der Waals surface area contributed by atoms with Crippen molar-refractivity contribution < 1.29 is 0 Å². The van der Waals surface area contributed by atoms with Gasteiger partial charge in [0.25, 0.3) is 13.4 Å². The molecule has 0 bridgehead atoms. The van der Waals surface area contributed by atoms with Gasteiger partial charge in [0, 0.05) is 0 Å². The molecule has 1 aromatic carbocycles. The van der Waals surface area contributed by atoms with Crippen LogP contribution >= 0.6 is 44.3 Å². The number of hydrogen-bond acceptors (Lipinski definition) is 0. The maximum absolute atomic E-state index is 6.11. The van der Waals surface area contributed by atoms with E-state index in [2.05, 4.69) is 0 Å². The van der Waals surface area contributed by atoms with E-state index < -0.39 is 13.4 Å². The fourth-order valence-electron chi connectivity index (χ4n) is 1.07. The van der Waals surface area contributed by atoms with Gasteiger partial charge in [-0.1, -0.05) is 24.3 Å².